The van der Waals surface area contributed by atoms with Crippen molar-refractivity contribution in [3.63, 3.8) is 0 Å². The highest BCUT2D eigenvalue weighted by molar-refractivity contribution is 9.28. The van der Waals surface area contributed by atoms with Crippen molar-refractivity contribution in [1.29, 1.82) is 0 Å². The second kappa shape index (κ2) is 8.46. The zero-order valence-corrected chi connectivity index (χ0v) is 16.4. The third-order valence-corrected chi connectivity index (χ3v) is 3.95. The number of hydrogen-bond donors (Lipinski definition) is 0. The molecule has 116 valence electrons. The van der Waals surface area contributed by atoms with Gasteiger partial charge in [0.05, 0.1) is 13.4 Å². The van der Waals surface area contributed by atoms with E-state index in [2.05, 4.69) is 31.9 Å². The van der Waals surface area contributed by atoms with Gasteiger partial charge in [-0.05, 0) is 62.2 Å². The summed E-state index contributed by atoms with van der Waals surface area (Å²) < 4.78 is 12.0. The first-order valence-electron chi connectivity index (χ1n) is 6.02. The maximum atomic E-state index is 6.19. The second-order valence-corrected chi connectivity index (χ2v) is 8.10. The molecule has 0 fully saturated rings. The summed E-state index contributed by atoms with van der Waals surface area (Å²) in [6.45, 7) is 0.322. The Bertz CT molecular complexity index is 661. The molecule has 0 N–H and O–H groups in total. The van der Waals surface area contributed by atoms with Crippen LogP contribution in [0.5, 0.6) is 17.2 Å². The average molecular weight is 487 g/mol. The first kappa shape index (κ1) is 18.0. The fourth-order valence-corrected chi connectivity index (χ4v) is 2.53. The molecule has 0 amide bonds. The van der Waals surface area contributed by atoms with E-state index in [0.29, 0.717) is 38.9 Å². The van der Waals surface area contributed by atoms with Gasteiger partial charge in [0.15, 0.2) is 5.75 Å². The molecular weight excluding hydrogens is 478 g/mol. The van der Waals surface area contributed by atoms with Crippen LogP contribution in [0.3, 0.4) is 0 Å². The van der Waals surface area contributed by atoms with Crippen LogP contribution in [0.1, 0.15) is 0 Å². The molecular formula is C15H9Br2Cl3O2. The third-order valence-electron chi connectivity index (χ3n) is 2.49. The second-order valence-electron chi connectivity index (χ2n) is 4.08. The molecule has 2 aromatic carbocycles. The zero-order chi connectivity index (χ0) is 16.1. The van der Waals surface area contributed by atoms with Crippen LogP contribution < -0.4 is 9.47 Å². The van der Waals surface area contributed by atoms with Gasteiger partial charge >= 0.3 is 0 Å². The van der Waals surface area contributed by atoms with E-state index in [-0.39, 0.29) is 0 Å². The molecule has 0 aliphatic carbocycles. The average Bonchev–Trinajstić information content (AvgIpc) is 2.44. The van der Waals surface area contributed by atoms with E-state index in [1.54, 1.807) is 42.5 Å². The van der Waals surface area contributed by atoms with E-state index in [1.165, 1.54) is 0 Å². The lowest BCUT2D eigenvalue weighted by atomic mass is 10.3. The van der Waals surface area contributed by atoms with E-state index in [0.717, 1.165) is 3.39 Å². The first-order chi connectivity index (χ1) is 10.5. The monoisotopic (exact) mass is 484 g/mol. The van der Waals surface area contributed by atoms with Crippen molar-refractivity contribution in [3.8, 4) is 17.2 Å². The number of ether oxygens (including phenoxy) is 2. The number of rotatable bonds is 5. The van der Waals surface area contributed by atoms with Crippen molar-refractivity contribution < 1.29 is 9.47 Å². The molecule has 0 aliphatic heterocycles. The van der Waals surface area contributed by atoms with E-state index in [9.17, 15) is 0 Å². The van der Waals surface area contributed by atoms with Crippen molar-refractivity contribution >= 4 is 66.7 Å². The smallest absolute Gasteiger partial charge is 0.157 e. The summed E-state index contributed by atoms with van der Waals surface area (Å²) in [7, 11) is 0. The molecule has 2 rings (SSSR count). The van der Waals surface area contributed by atoms with Gasteiger partial charge in [0, 0.05) is 17.2 Å². The first-order valence-corrected chi connectivity index (χ1v) is 8.74. The van der Waals surface area contributed by atoms with Gasteiger partial charge in [-0.3, -0.25) is 0 Å². The Labute approximate surface area is 160 Å². The molecule has 0 heterocycles. The van der Waals surface area contributed by atoms with E-state index >= 15 is 0 Å². The lowest BCUT2D eigenvalue weighted by Crippen LogP contribution is -1.96. The van der Waals surface area contributed by atoms with Crippen molar-refractivity contribution in [1.82, 2.24) is 0 Å². The summed E-state index contributed by atoms with van der Waals surface area (Å²) in [6, 6.07) is 10.3. The standard InChI is InChI=1S/C15H9Br2Cl3O2/c16-14(17)5-6-21-15-12(19)7-11(8-13(15)20)22-10-3-1-9(18)2-4-10/h1-5,7-8H,6H2. The van der Waals surface area contributed by atoms with Crippen LogP contribution >= 0.6 is 66.7 Å². The largest absolute Gasteiger partial charge is 0.486 e. The fourth-order valence-electron chi connectivity index (χ4n) is 1.56. The van der Waals surface area contributed by atoms with Crippen molar-refractivity contribution in [2.75, 3.05) is 6.61 Å². The molecule has 0 unspecified atom stereocenters. The summed E-state index contributed by atoms with van der Waals surface area (Å²) >= 11 is 24.7. The molecule has 2 aromatic rings. The van der Waals surface area contributed by atoms with Gasteiger partial charge in [-0.1, -0.05) is 34.8 Å². The Hall–Kier alpha value is -0.390. The maximum Gasteiger partial charge on any atom is 0.157 e. The summed E-state index contributed by atoms with van der Waals surface area (Å²) in [5.74, 6) is 1.56. The molecule has 0 spiro atoms. The van der Waals surface area contributed by atoms with Crippen LogP contribution in [0.15, 0.2) is 45.9 Å². The molecule has 0 atom stereocenters. The quantitative estimate of drug-likeness (QED) is 0.436. The van der Waals surface area contributed by atoms with E-state index in [4.69, 9.17) is 44.3 Å². The Morgan fingerprint density at radius 2 is 1.55 bits per heavy atom. The zero-order valence-electron chi connectivity index (χ0n) is 11.0. The highest BCUT2D eigenvalue weighted by Crippen LogP contribution is 2.38. The van der Waals surface area contributed by atoms with Crippen LogP contribution in [-0.2, 0) is 0 Å². The van der Waals surface area contributed by atoms with Crippen molar-refractivity contribution in [2.24, 2.45) is 0 Å². The minimum Gasteiger partial charge on any atom is -0.486 e. The SMILES string of the molecule is Clc1ccc(Oc2cc(Cl)c(OCC=C(Br)Br)c(Cl)c2)cc1. The Morgan fingerprint density at radius 3 is 2.09 bits per heavy atom. The topological polar surface area (TPSA) is 18.5 Å². The summed E-state index contributed by atoms with van der Waals surface area (Å²) in [6.07, 6.45) is 1.78. The molecule has 0 aromatic heterocycles. The van der Waals surface area contributed by atoms with Gasteiger partial charge < -0.3 is 9.47 Å². The lowest BCUT2D eigenvalue weighted by molar-refractivity contribution is 0.362. The lowest BCUT2D eigenvalue weighted by Gasteiger charge is -2.11. The van der Waals surface area contributed by atoms with E-state index in [1.807, 2.05) is 0 Å². The van der Waals surface area contributed by atoms with Crippen LogP contribution in [0.2, 0.25) is 15.1 Å². The minimum absolute atomic E-state index is 0.322. The van der Waals surface area contributed by atoms with Crippen LogP contribution in [0, 0.1) is 0 Å². The Morgan fingerprint density at radius 1 is 0.955 bits per heavy atom. The summed E-state index contributed by atoms with van der Waals surface area (Å²) in [5.41, 5.74) is 0. The summed E-state index contributed by atoms with van der Waals surface area (Å²) in [5, 5.41) is 1.38. The van der Waals surface area contributed by atoms with Gasteiger partial charge in [-0.15, -0.1) is 0 Å². The van der Waals surface area contributed by atoms with Gasteiger partial charge in [0.1, 0.15) is 18.1 Å². The molecule has 22 heavy (non-hydrogen) atoms. The molecule has 0 aliphatic rings. The predicted molar refractivity (Wildman–Crippen MR) is 99.4 cm³/mol. The maximum absolute atomic E-state index is 6.19. The van der Waals surface area contributed by atoms with Crippen molar-refractivity contribution in [3.05, 3.63) is 60.9 Å². The highest BCUT2D eigenvalue weighted by atomic mass is 79.9. The molecule has 0 bridgehead atoms. The van der Waals surface area contributed by atoms with Gasteiger partial charge in [0.2, 0.25) is 0 Å². The molecule has 7 heteroatoms. The molecule has 0 saturated heterocycles. The number of benzene rings is 2. The minimum atomic E-state index is 0.322. The van der Waals surface area contributed by atoms with Gasteiger partial charge in [-0.2, -0.15) is 0 Å². The third kappa shape index (κ3) is 5.36. The highest BCUT2D eigenvalue weighted by Gasteiger charge is 2.11. The summed E-state index contributed by atoms with van der Waals surface area (Å²) in [4.78, 5) is 0. The van der Waals surface area contributed by atoms with Gasteiger partial charge in [-0.25, -0.2) is 0 Å². The fraction of sp³-hybridized carbons (Fsp3) is 0.0667. The Balaban J connectivity index is 2.15. The molecule has 2 nitrogen and oxygen atoms in total. The predicted octanol–water partition coefficient (Wildman–Crippen LogP) is 7.45. The van der Waals surface area contributed by atoms with Crippen molar-refractivity contribution in [2.45, 2.75) is 0 Å². The number of halogens is 5. The number of hydrogen-bond acceptors (Lipinski definition) is 2. The Kier molecular flexibility index (Phi) is 6.90. The molecule has 0 radical (unpaired) electrons. The van der Waals surface area contributed by atoms with Gasteiger partial charge in [0.25, 0.3) is 0 Å². The van der Waals surface area contributed by atoms with Crippen LogP contribution in [0.4, 0.5) is 0 Å². The van der Waals surface area contributed by atoms with Crippen LogP contribution in [-0.4, -0.2) is 6.61 Å². The van der Waals surface area contributed by atoms with E-state index < -0.39 is 0 Å². The van der Waals surface area contributed by atoms with Crippen LogP contribution in [0.25, 0.3) is 0 Å². The molecule has 0 saturated carbocycles. The normalized spacial score (nSPS) is 10.2.